The number of carbonyl (C=O) groups is 4. The lowest BCUT2D eigenvalue weighted by Gasteiger charge is -2.18. The van der Waals surface area contributed by atoms with Crippen molar-refractivity contribution in [1.29, 1.82) is 0 Å². The van der Waals surface area contributed by atoms with Crippen LogP contribution in [0.5, 0.6) is 0 Å². The molecule has 10 nitrogen and oxygen atoms in total. The van der Waals surface area contributed by atoms with Gasteiger partial charge in [0.1, 0.15) is 6.04 Å². The second kappa shape index (κ2) is 12.0. The number of esters is 1. The van der Waals surface area contributed by atoms with Gasteiger partial charge in [0, 0.05) is 18.7 Å². The second-order valence-electron chi connectivity index (χ2n) is 4.89. The van der Waals surface area contributed by atoms with Crippen LogP contribution in [0.25, 0.3) is 0 Å². The molecule has 0 aliphatic rings. The molecule has 0 rings (SSSR count). The van der Waals surface area contributed by atoms with E-state index in [-0.39, 0.29) is 6.54 Å². The Labute approximate surface area is 139 Å². The van der Waals surface area contributed by atoms with Gasteiger partial charge in [0.2, 0.25) is 11.8 Å². The van der Waals surface area contributed by atoms with E-state index in [4.69, 9.17) is 16.6 Å². The predicted molar refractivity (Wildman–Crippen MR) is 84.6 cm³/mol. The highest BCUT2D eigenvalue weighted by molar-refractivity contribution is 5.95. The van der Waals surface area contributed by atoms with Gasteiger partial charge in [-0.1, -0.05) is 6.42 Å². The largest absolute Gasteiger partial charge is 0.480 e. The van der Waals surface area contributed by atoms with Crippen molar-refractivity contribution < 1.29 is 29.0 Å². The van der Waals surface area contributed by atoms with Crippen LogP contribution < -0.4 is 22.1 Å². The normalized spacial score (nSPS) is 13.1. The van der Waals surface area contributed by atoms with E-state index < -0.39 is 35.8 Å². The Kier molecular flexibility index (Phi) is 10.8. The van der Waals surface area contributed by atoms with Crippen molar-refractivity contribution >= 4 is 23.8 Å². The van der Waals surface area contributed by atoms with E-state index >= 15 is 0 Å². The van der Waals surface area contributed by atoms with Crippen LogP contribution in [0.15, 0.2) is 12.2 Å². The number of rotatable bonds is 11. The zero-order valence-corrected chi connectivity index (χ0v) is 13.5. The number of unbranched alkanes of at least 4 members (excludes halogenated alkanes) is 1. The molecule has 0 aliphatic carbocycles. The molecule has 0 bridgehead atoms. The molecule has 10 heteroatoms. The fraction of sp³-hybridized carbons (Fsp3) is 0.571. The van der Waals surface area contributed by atoms with Gasteiger partial charge in [-0.2, -0.15) is 0 Å². The van der Waals surface area contributed by atoms with E-state index in [9.17, 15) is 19.2 Å². The van der Waals surface area contributed by atoms with Crippen LogP contribution in [0.3, 0.4) is 0 Å². The topological polar surface area (TPSA) is 174 Å². The SMILES string of the molecule is COC(=O)/C=C\C(=O)NC[C@H](NC(=O)[C@@H](N)CCCCN)C(=O)O. The molecule has 0 spiro atoms. The molecule has 0 aromatic carbocycles. The van der Waals surface area contributed by atoms with Crippen molar-refractivity contribution in [2.45, 2.75) is 31.3 Å². The number of carbonyl (C=O) groups excluding carboxylic acids is 3. The Morgan fingerprint density at radius 3 is 2.42 bits per heavy atom. The predicted octanol–water partition coefficient (Wildman–Crippen LogP) is -2.14. The zero-order valence-electron chi connectivity index (χ0n) is 13.5. The van der Waals surface area contributed by atoms with Crippen molar-refractivity contribution in [3.8, 4) is 0 Å². The zero-order chi connectivity index (χ0) is 18.5. The third-order valence-corrected chi connectivity index (χ3v) is 2.97. The maximum Gasteiger partial charge on any atom is 0.330 e. The molecular formula is C14H24N4O6. The van der Waals surface area contributed by atoms with Gasteiger partial charge in [0.15, 0.2) is 0 Å². The fourth-order valence-electron chi connectivity index (χ4n) is 1.59. The highest BCUT2D eigenvalue weighted by Crippen LogP contribution is 1.98. The van der Waals surface area contributed by atoms with Gasteiger partial charge in [-0.25, -0.2) is 9.59 Å². The van der Waals surface area contributed by atoms with E-state index in [0.717, 1.165) is 19.3 Å². The Bertz CT molecular complexity index is 480. The number of carboxylic acid groups (broad SMARTS) is 1. The number of nitrogens with two attached hydrogens (primary N) is 2. The minimum Gasteiger partial charge on any atom is -0.480 e. The smallest absolute Gasteiger partial charge is 0.330 e. The van der Waals surface area contributed by atoms with Crippen LogP contribution in [0, 0.1) is 0 Å². The summed E-state index contributed by atoms with van der Waals surface area (Å²) < 4.78 is 4.31. The van der Waals surface area contributed by atoms with E-state index in [1.54, 1.807) is 0 Å². The van der Waals surface area contributed by atoms with E-state index in [1.165, 1.54) is 0 Å². The summed E-state index contributed by atoms with van der Waals surface area (Å²) in [4.78, 5) is 45.2. The van der Waals surface area contributed by atoms with E-state index in [1.807, 2.05) is 0 Å². The summed E-state index contributed by atoms with van der Waals surface area (Å²) in [6.45, 7) is 0.123. The van der Waals surface area contributed by atoms with Crippen molar-refractivity contribution in [1.82, 2.24) is 10.6 Å². The Morgan fingerprint density at radius 2 is 1.88 bits per heavy atom. The summed E-state index contributed by atoms with van der Waals surface area (Å²) in [5, 5.41) is 13.6. The number of hydrogen-bond donors (Lipinski definition) is 5. The van der Waals surface area contributed by atoms with E-state index in [2.05, 4.69) is 15.4 Å². The Hall–Kier alpha value is -2.46. The lowest BCUT2D eigenvalue weighted by atomic mass is 10.1. The number of ether oxygens (including phenoxy) is 1. The standard InChI is InChI=1S/C14H24N4O6/c1-24-12(20)6-5-11(19)17-8-10(14(22)23)18-13(21)9(16)4-2-3-7-15/h5-6,9-10H,2-4,7-8,15-16H2,1H3,(H,17,19)(H,18,21)(H,22,23)/b6-5-/t9-,10-/m0/s1. The molecule has 0 heterocycles. The summed E-state index contributed by atoms with van der Waals surface area (Å²) in [6, 6.07) is -2.19. The lowest BCUT2D eigenvalue weighted by Crippen LogP contribution is -2.52. The van der Waals surface area contributed by atoms with Crippen molar-refractivity contribution in [2.75, 3.05) is 20.2 Å². The molecule has 7 N–H and O–H groups in total. The first-order valence-electron chi connectivity index (χ1n) is 7.34. The quantitative estimate of drug-likeness (QED) is 0.160. The van der Waals surface area contributed by atoms with Crippen molar-refractivity contribution in [2.24, 2.45) is 11.5 Å². The molecule has 0 radical (unpaired) electrons. The number of nitrogens with one attached hydrogen (secondary N) is 2. The molecule has 0 aliphatic heterocycles. The number of hydrogen-bond acceptors (Lipinski definition) is 7. The molecular weight excluding hydrogens is 320 g/mol. The van der Waals surface area contributed by atoms with Gasteiger partial charge in [-0.15, -0.1) is 0 Å². The first-order valence-corrected chi connectivity index (χ1v) is 7.34. The fourth-order valence-corrected chi connectivity index (χ4v) is 1.59. The number of methoxy groups -OCH3 is 1. The maximum absolute atomic E-state index is 11.8. The number of amides is 2. The molecule has 24 heavy (non-hydrogen) atoms. The lowest BCUT2D eigenvalue weighted by molar-refractivity contribution is -0.142. The monoisotopic (exact) mass is 344 g/mol. The highest BCUT2D eigenvalue weighted by Gasteiger charge is 2.23. The van der Waals surface area contributed by atoms with Crippen LogP contribution in [0.4, 0.5) is 0 Å². The van der Waals surface area contributed by atoms with E-state index in [0.29, 0.717) is 25.8 Å². The summed E-state index contributed by atoms with van der Waals surface area (Å²) in [5.41, 5.74) is 11.0. The molecule has 2 amide bonds. The first kappa shape index (κ1) is 21.5. The molecule has 0 saturated carbocycles. The van der Waals surface area contributed by atoms with Crippen LogP contribution in [-0.4, -0.2) is 61.1 Å². The Balaban J connectivity index is 4.42. The average molecular weight is 344 g/mol. The number of carboxylic acids is 1. The summed E-state index contributed by atoms with van der Waals surface area (Å²) >= 11 is 0. The molecule has 0 aromatic heterocycles. The molecule has 0 unspecified atom stereocenters. The van der Waals surface area contributed by atoms with Crippen LogP contribution >= 0.6 is 0 Å². The maximum atomic E-state index is 11.8. The third kappa shape index (κ3) is 9.54. The van der Waals surface area contributed by atoms with Crippen LogP contribution in [0.1, 0.15) is 19.3 Å². The molecule has 2 atom stereocenters. The van der Waals surface area contributed by atoms with Gasteiger partial charge in [0.25, 0.3) is 0 Å². The number of aliphatic carboxylic acids is 1. The average Bonchev–Trinajstić information content (AvgIpc) is 2.55. The summed E-state index contributed by atoms with van der Waals surface area (Å²) in [6.07, 6.45) is 3.52. The third-order valence-electron chi connectivity index (χ3n) is 2.97. The Morgan fingerprint density at radius 1 is 1.21 bits per heavy atom. The van der Waals surface area contributed by atoms with Crippen molar-refractivity contribution in [3.05, 3.63) is 12.2 Å². The van der Waals surface area contributed by atoms with Crippen LogP contribution in [0.2, 0.25) is 0 Å². The van der Waals surface area contributed by atoms with Gasteiger partial charge in [-0.05, 0) is 19.4 Å². The molecule has 136 valence electrons. The van der Waals surface area contributed by atoms with Crippen LogP contribution in [-0.2, 0) is 23.9 Å². The highest BCUT2D eigenvalue weighted by atomic mass is 16.5. The summed E-state index contributed by atoms with van der Waals surface area (Å²) in [5.74, 6) is -3.38. The second-order valence-corrected chi connectivity index (χ2v) is 4.89. The molecule has 0 aromatic rings. The first-order chi connectivity index (χ1) is 11.3. The van der Waals surface area contributed by atoms with Gasteiger partial charge < -0.3 is 31.9 Å². The summed E-state index contributed by atoms with van der Waals surface area (Å²) in [7, 11) is 1.15. The van der Waals surface area contributed by atoms with Gasteiger partial charge >= 0.3 is 11.9 Å². The van der Waals surface area contributed by atoms with Crippen molar-refractivity contribution in [3.63, 3.8) is 0 Å². The minimum absolute atomic E-state index is 0.360. The minimum atomic E-state index is -1.34. The van der Waals surface area contributed by atoms with Gasteiger partial charge in [0.05, 0.1) is 13.2 Å². The molecule has 0 saturated heterocycles. The van der Waals surface area contributed by atoms with Gasteiger partial charge in [-0.3, -0.25) is 9.59 Å². The molecule has 0 fully saturated rings.